The molecule has 0 aromatic heterocycles. The van der Waals surface area contributed by atoms with Gasteiger partial charge in [0.05, 0.1) is 6.07 Å². The third-order valence-electron chi connectivity index (χ3n) is 3.45. The van der Waals surface area contributed by atoms with E-state index in [1.54, 1.807) is 0 Å². The number of hydrogen-bond donors (Lipinski definition) is 1. The number of nitrogens with one attached hydrogen (secondary N) is 1. The van der Waals surface area contributed by atoms with Crippen molar-refractivity contribution >= 4 is 0 Å². The summed E-state index contributed by atoms with van der Waals surface area (Å²) in [6, 6.07) is 2.85. The van der Waals surface area contributed by atoms with Crippen molar-refractivity contribution in [1.82, 2.24) is 10.2 Å². The highest BCUT2D eigenvalue weighted by molar-refractivity contribution is 5.06. The fourth-order valence-electron chi connectivity index (χ4n) is 2.42. The second-order valence-corrected chi connectivity index (χ2v) is 5.38. The Labute approximate surface area is 114 Å². The van der Waals surface area contributed by atoms with Crippen molar-refractivity contribution in [2.45, 2.75) is 71.9 Å². The second-order valence-electron chi connectivity index (χ2n) is 5.38. The Bertz CT molecular complexity index is 245. The molecule has 0 aromatic rings. The molecule has 0 saturated heterocycles. The summed E-state index contributed by atoms with van der Waals surface area (Å²) in [6.07, 6.45) is 4.12. The van der Waals surface area contributed by atoms with Crippen LogP contribution in [0.5, 0.6) is 0 Å². The van der Waals surface area contributed by atoms with Gasteiger partial charge in [0.15, 0.2) is 0 Å². The third-order valence-corrected chi connectivity index (χ3v) is 3.45. The average Bonchev–Trinajstić information content (AvgIpc) is 2.35. The summed E-state index contributed by atoms with van der Waals surface area (Å²) in [4.78, 5) is 2.47. The molecule has 1 unspecified atom stereocenters. The Morgan fingerprint density at radius 3 is 2.28 bits per heavy atom. The number of nitrogens with zero attached hydrogens (tertiary/aromatic N) is 2. The van der Waals surface area contributed by atoms with Gasteiger partial charge in [-0.1, -0.05) is 20.8 Å². The van der Waals surface area contributed by atoms with Crippen molar-refractivity contribution in [2.75, 3.05) is 19.6 Å². The van der Waals surface area contributed by atoms with Crippen molar-refractivity contribution < 1.29 is 0 Å². The van der Waals surface area contributed by atoms with Crippen molar-refractivity contribution in [1.29, 1.82) is 5.26 Å². The summed E-state index contributed by atoms with van der Waals surface area (Å²) in [5.74, 6) is 0. The van der Waals surface area contributed by atoms with Crippen LogP contribution >= 0.6 is 0 Å². The fraction of sp³-hybridized carbons (Fsp3) is 0.933. The van der Waals surface area contributed by atoms with Crippen LogP contribution in [0.3, 0.4) is 0 Å². The zero-order valence-corrected chi connectivity index (χ0v) is 12.9. The number of nitriles is 1. The summed E-state index contributed by atoms with van der Waals surface area (Å²) >= 11 is 0. The van der Waals surface area contributed by atoms with E-state index in [4.69, 9.17) is 0 Å². The van der Waals surface area contributed by atoms with E-state index in [1.807, 2.05) is 0 Å². The van der Waals surface area contributed by atoms with Crippen LogP contribution < -0.4 is 5.32 Å². The maximum atomic E-state index is 9.43. The molecule has 0 aliphatic heterocycles. The van der Waals surface area contributed by atoms with Gasteiger partial charge in [0, 0.05) is 6.04 Å². The highest BCUT2D eigenvalue weighted by atomic mass is 15.1. The minimum absolute atomic E-state index is 0.334. The van der Waals surface area contributed by atoms with E-state index in [2.05, 4.69) is 50.9 Å². The molecule has 3 nitrogen and oxygen atoms in total. The number of rotatable bonds is 10. The van der Waals surface area contributed by atoms with Gasteiger partial charge in [0.1, 0.15) is 5.54 Å². The Morgan fingerprint density at radius 2 is 1.89 bits per heavy atom. The lowest BCUT2D eigenvalue weighted by Crippen LogP contribution is -2.47. The highest BCUT2D eigenvalue weighted by Gasteiger charge is 2.27. The van der Waals surface area contributed by atoms with E-state index in [1.165, 1.54) is 13.0 Å². The van der Waals surface area contributed by atoms with Crippen molar-refractivity contribution in [3.63, 3.8) is 0 Å². The molecule has 18 heavy (non-hydrogen) atoms. The predicted molar refractivity (Wildman–Crippen MR) is 78.5 cm³/mol. The normalized spacial score (nSPS) is 14.8. The van der Waals surface area contributed by atoms with Gasteiger partial charge in [-0.15, -0.1) is 0 Å². The SMILES string of the molecule is CCCN(CC)CCCC(C#N)(CC)NC(C)C. The minimum Gasteiger partial charge on any atom is -0.304 e. The Kier molecular flexibility index (Phi) is 9.05. The first-order valence-corrected chi connectivity index (χ1v) is 7.44. The lowest BCUT2D eigenvalue weighted by atomic mass is 9.91. The number of hydrogen-bond acceptors (Lipinski definition) is 3. The van der Waals surface area contributed by atoms with Crippen molar-refractivity contribution in [2.24, 2.45) is 0 Å². The standard InChI is InChI=1S/C15H31N3/c1-6-11-18(8-3)12-9-10-15(7-2,13-16)17-14(4)5/h14,17H,6-12H2,1-5H3. The van der Waals surface area contributed by atoms with Gasteiger partial charge < -0.3 is 4.90 Å². The van der Waals surface area contributed by atoms with Gasteiger partial charge in [-0.2, -0.15) is 5.26 Å². The van der Waals surface area contributed by atoms with Gasteiger partial charge in [0.2, 0.25) is 0 Å². The largest absolute Gasteiger partial charge is 0.304 e. The fourth-order valence-corrected chi connectivity index (χ4v) is 2.42. The summed E-state index contributed by atoms with van der Waals surface area (Å²) in [5.41, 5.74) is -0.334. The van der Waals surface area contributed by atoms with E-state index < -0.39 is 0 Å². The van der Waals surface area contributed by atoms with Gasteiger partial charge in [0.25, 0.3) is 0 Å². The molecule has 0 aliphatic carbocycles. The smallest absolute Gasteiger partial charge is 0.106 e. The molecule has 0 heterocycles. The monoisotopic (exact) mass is 253 g/mol. The van der Waals surface area contributed by atoms with Crippen LogP contribution in [0.4, 0.5) is 0 Å². The maximum absolute atomic E-state index is 9.43. The van der Waals surface area contributed by atoms with Crippen LogP contribution in [0.1, 0.15) is 60.3 Å². The zero-order chi connectivity index (χ0) is 14.0. The topological polar surface area (TPSA) is 39.1 Å². The van der Waals surface area contributed by atoms with Crippen molar-refractivity contribution in [3.8, 4) is 6.07 Å². The predicted octanol–water partition coefficient (Wildman–Crippen LogP) is 3.17. The molecular formula is C15H31N3. The zero-order valence-electron chi connectivity index (χ0n) is 12.9. The van der Waals surface area contributed by atoms with E-state index in [-0.39, 0.29) is 5.54 Å². The van der Waals surface area contributed by atoms with E-state index in [9.17, 15) is 5.26 Å². The quantitative estimate of drug-likeness (QED) is 0.650. The molecule has 3 heteroatoms. The summed E-state index contributed by atoms with van der Waals surface area (Å²) in [7, 11) is 0. The Morgan fingerprint density at radius 1 is 1.22 bits per heavy atom. The second kappa shape index (κ2) is 9.35. The van der Waals surface area contributed by atoms with E-state index >= 15 is 0 Å². The molecular weight excluding hydrogens is 222 g/mol. The summed E-state index contributed by atoms with van der Waals surface area (Å²) in [6.45, 7) is 14.1. The lowest BCUT2D eigenvalue weighted by Gasteiger charge is -2.30. The third kappa shape index (κ3) is 6.37. The lowest BCUT2D eigenvalue weighted by molar-refractivity contribution is 0.259. The van der Waals surface area contributed by atoms with Crippen LogP contribution in [-0.4, -0.2) is 36.1 Å². The molecule has 0 saturated carbocycles. The van der Waals surface area contributed by atoms with Crippen LogP contribution in [0.15, 0.2) is 0 Å². The average molecular weight is 253 g/mol. The van der Waals surface area contributed by atoms with Crippen LogP contribution in [0.2, 0.25) is 0 Å². The first-order valence-electron chi connectivity index (χ1n) is 7.44. The molecule has 1 N–H and O–H groups in total. The molecule has 0 aromatic carbocycles. The minimum atomic E-state index is -0.334. The summed E-state index contributed by atoms with van der Waals surface area (Å²) in [5, 5.41) is 12.9. The first-order chi connectivity index (χ1) is 8.53. The van der Waals surface area contributed by atoms with Crippen LogP contribution in [-0.2, 0) is 0 Å². The molecule has 0 spiro atoms. The molecule has 0 aliphatic rings. The molecule has 0 rings (SSSR count). The van der Waals surface area contributed by atoms with Crippen LogP contribution in [0.25, 0.3) is 0 Å². The van der Waals surface area contributed by atoms with Crippen molar-refractivity contribution in [3.05, 3.63) is 0 Å². The maximum Gasteiger partial charge on any atom is 0.106 e. The van der Waals surface area contributed by atoms with Gasteiger partial charge >= 0.3 is 0 Å². The summed E-state index contributed by atoms with van der Waals surface area (Å²) < 4.78 is 0. The highest BCUT2D eigenvalue weighted by Crippen LogP contribution is 2.18. The molecule has 0 radical (unpaired) electrons. The molecule has 1 atom stereocenters. The van der Waals surface area contributed by atoms with Crippen LogP contribution in [0, 0.1) is 11.3 Å². The Balaban J connectivity index is 4.23. The molecule has 0 bridgehead atoms. The van der Waals surface area contributed by atoms with E-state index in [0.29, 0.717) is 6.04 Å². The molecule has 106 valence electrons. The Hall–Kier alpha value is -0.590. The van der Waals surface area contributed by atoms with Gasteiger partial charge in [-0.3, -0.25) is 5.32 Å². The molecule has 0 fully saturated rings. The van der Waals surface area contributed by atoms with Gasteiger partial charge in [-0.25, -0.2) is 0 Å². The van der Waals surface area contributed by atoms with Gasteiger partial charge in [-0.05, 0) is 59.2 Å². The molecule has 0 amide bonds. The first kappa shape index (κ1) is 17.4. The van der Waals surface area contributed by atoms with E-state index in [0.717, 1.165) is 32.4 Å².